The Hall–Kier alpha value is -7.92. The van der Waals surface area contributed by atoms with Crippen molar-refractivity contribution in [1.29, 1.82) is 0 Å². The summed E-state index contributed by atoms with van der Waals surface area (Å²) in [6.07, 6.45) is 0. The molecule has 3 heterocycles. The van der Waals surface area contributed by atoms with Gasteiger partial charge in [-0.2, -0.15) is 0 Å². The molecule has 0 atom stereocenters. The highest BCUT2D eigenvalue weighted by atomic mass is 32.1. The van der Waals surface area contributed by atoms with Crippen LogP contribution in [0.15, 0.2) is 212 Å². The molecule has 0 fully saturated rings. The van der Waals surface area contributed by atoms with Crippen molar-refractivity contribution in [1.82, 2.24) is 4.40 Å². The normalized spacial score (nSPS) is 14.1. The van der Waals surface area contributed by atoms with E-state index >= 15 is 0 Å². The number of anilines is 6. The maximum atomic E-state index is 9.11. The smallest absolute Gasteiger partial charge is 0.0645 e. The molecule has 10 aromatic carbocycles. The molecule has 4 heteroatoms. The van der Waals surface area contributed by atoms with Crippen LogP contribution in [0.4, 0.5) is 34.1 Å². The highest BCUT2D eigenvalue weighted by molar-refractivity contribution is 7.26. The van der Waals surface area contributed by atoms with Crippen LogP contribution >= 0.6 is 11.3 Å². The summed E-state index contributed by atoms with van der Waals surface area (Å²) in [4.78, 5) is 3.53. The van der Waals surface area contributed by atoms with Crippen molar-refractivity contribution in [3.05, 3.63) is 223 Å². The number of para-hydroxylation sites is 2. The van der Waals surface area contributed by atoms with E-state index in [1.54, 1.807) is 21.1 Å². The van der Waals surface area contributed by atoms with Gasteiger partial charge in [-0.15, -0.1) is 11.3 Å². The van der Waals surface area contributed by atoms with Crippen molar-refractivity contribution in [2.24, 2.45) is 0 Å². The summed E-state index contributed by atoms with van der Waals surface area (Å²) in [5.74, 6) is 0. The lowest BCUT2D eigenvalue weighted by Gasteiger charge is -2.25. The standard InChI is InChI=1S/C60H41N3S/c1-38-18-23-45(24-19-38)61(43-14-8-4-9-15-43)47-27-30-49-54-32-42(40-12-6-3-7-13-40)33-55-53-37-52-41(34-56(53)63(59(54)55)57(49)35-47)22-29-51-50-31-28-48(36-58(50)64-60(51)52)62(44-16-10-5-11-17-44)46-25-20-39(2)21-26-46/h3-37H,1-2H3/i4D,5D,8D,9D,10D,11D,14D,15D,16D,17D. The highest BCUT2D eigenvalue weighted by Crippen LogP contribution is 2.48. The average Bonchev–Trinajstić information content (AvgIpc) is 4.07. The molecule has 302 valence electrons. The van der Waals surface area contributed by atoms with Gasteiger partial charge in [-0.1, -0.05) is 126 Å². The lowest BCUT2D eigenvalue weighted by atomic mass is 9.98. The molecule has 0 unspecified atom stereocenters. The first kappa shape index (κ1) is 27.9. The Labute approximate surface area is 389 Å². The fourth-order valence-electron chi connectivity index (χ4n) is 9.56. The van der Waals surface area contributed by atoms with Gasteiger partial charge in [0.25, 0.3) is 0 Å². The molecule has 0 bridgehead atoms. The topological polar surface area (TPSA) is 10.9 Å². The zero-order valence-corrected chi connectivity index (χ0v) is 35.5. The average molecular weight is 846 g/mol. The summed E-state index contributed by atoms with van der Waals surface area (Å²) in [6, 6.07) is 47.7. The van der Waals surface area contributed by atoms with Gasteiger partial charge in [0.15, 0.2) is 0 Å². The Bertz CT molecular complexity index is 4460. The second-order valence-corrected chi connectivity index (χ2v) is 17.5. The zero-order chi connectivity index (χ0) is 51.2. The second kappa shape index (κ2) is 14.3. The molecule has 3 nitrogen and oxygen atoms in total. The van der Waals surface area contributed by atoms with E-state index in [-0.39, 0.29) is 35.5 Å². The highest BCUT2D eigenvalue weighted by Gasteiger charge is 2.23. The largest absolute Gasteiger partial charge is 0.310 e. The predicted molar refractivity (Wildman–Crippen MR) is 276 cm³/mol. The minimum absolute atomic E-state index is 0.0617. The number of fused-ring (bicyclic) bond motifs is 11. The second-order valence-electron chi connectivity index (χ2n) is 16.4. The van der Waals surface area contributed by atoms with Crippen LogP contribution < -0.4 is 9.80 Å². The Morgan fingerprint density at radius 3 is 1.59 bits per heavy atom. The Morgan fingerprint density at radius 2 is 0.953 bits per heavy atom. The molecule has 64 heavy (non-hydrogen) atoms. The molecular formula is C60H41N3S. The van der Waals surface area contributed by atoms with Crippen molar-refractivity contribution in [2.45, 2.75) is 13.8 Å². The molecule has 13 rings (SSSR count). The third kappa shape index (κ3) is 5.73. The molecule has 0 aliphatic rings. The SMILES string of the molecule is [2H]c1c([2H])c([2H])c(N(c2ccc(C)cc2)c2ccc3c(c2)sc2c4cc5c6cc(-c7ccccc7)cc7c8ccc(N(c9ccc(C)cc9)c9c([2H])c([2H])c([2H])c([2H])c9[2H])cc8n(c5cc4ccc32)c76)c([2H])c1[2H]. The predicted octanol–water partition coefficient (Wildman–Crippen LogP) is 17.6. The number of hydrogen-bond acceptors (Lipinski definition) is 3. The van der Waals surface area contributed by atoms with E-state index < -0.39 is 36.3 Å². The van der Waals surface area contributed by atoms with Crippen LogP contribution in [0.25, 0.3) is 80.2 Å². The van der Waals surface area contributed by atoms with Crippen LogP contribution in [0.2, 0.25) is 0 Å². The number of benzene rings is 10. The van der Waals surface area contributed by atoms with E-state index in [1.807, 2.05) is 98.8 Å². The van der Waals surface area contributed by atoms with Gasteiger partial charge < -0.3 is 14.2 Å². The molecule has 3 aromatic heterocycles. The molecule has 0 saturated carbocycles. The summed E-state index contributed by atoms with van der Waals surface area (Å²) in [5, 5.41) is 8.43. The Balaban J connectivity index is 1.06. The van der Waals surface area contributed by atoms with Gasteiger partial charge in [0.05, 0.1) is 30.3 Å². The first-order valence-corrected chi connectivity index (χ1v) is 22.0. The van der Waals surface area contributed by atoms with Gasteiger partial charge in [-0.3, -0.25) is 0 Å². The van der Waals surface area contributed by atoms with Crippen LogP contribution in [0.3, 0.4) is 0 Å². The van der Waals surface area contributed by atoms with E-state index in [4.69, 9.17) is 13.7 Å². The van der Waals surface area contributed by atoms with Gasteiger partial charge in [0.1, 0.15) is 0 Å². The van der Waals surface area contributed by atoms with Crippen LogP contribution in [-0.4, -0.2) is 4.40 Å². The molecule has 0 saturated heterocycles. The van der Waals surface area contributed by atoms with E-state index in [1.165, 1.54) is 0 Å². The third-order valence-electron chi connectivity index (χ3n) is 12.6. The molecule has 0 N–H and O–H groups in total. The van der Waals surface area contributed by atoms with Crippen LogP contribution in [-0.2, 0) is 0 Å². The van der Waals surface area contributed by atoms with Gasteiger partial charge >= 0.3 is 0 Å². The Morgan fingerprint density at radius 1 is 0.406 bits per heavy atom. The molecule has 0 aliphatic carbocycles. The lowest BCUT2D eigenvalue weighted by molar-refractivity contribution is 1.27. The molecular weight excluding hydrogens is 795 g/mol. The number of hydrogen-bond donors (Lipinski definition) is 0. The van der Waals surface area contributed by atoms with Crippen molar-refractivity contribution < 1.29 is 13.7 Å². The van der Waals surface area contributed by atoms with Crippen LogP contribution in [0.1, 0.15) is 24.8 Å². The van der Waals surface area contributed by atoms with Crippen LogP contribution in [0, 0.1) is 13.8 Å². The number of aromatic nitrogens is 1. The summed E-state index contributed by atoms with van der Waals surface area (Å²) < 4.78 is 91.7. The quantitative estimate of drug-likeness (QED) is 0.158. The van der Waals surface area contributed by atoms with E-state index in [2.05, 4.69) is 71.1 Å². The molecule has 13 aromatic rings. The van der Waals surface area contributed by atoms with Crippen molar-refractivity contribution in [3.8, 4) is 11.1 Å². The minimum atomic E-state index is -0.450. The first-order chi connectivity index (χ1) is 35.7. The molecule has 0 spiro atoms. The van der Waals surface area contributed by atoms with Gasteiger partial charge in [0, 0.05) is 81.2 Å². The minimum Gasteiger partial charge on any atom is -0.310 e. The van der Waals surface area contributed by atoms with Crippen molar-refractivity contribution in [3.63, 3.8) is 0 Å². The van der Waals surface area contributed by atoms with Crippen molar-refractivity contribution >= 4 is 115 Å². The molecule has 0 radical (unpaired) electrons. The van der Waals surface area contributed by atoms with E-state index in [9.17, 15) is 0 Å². The van der Waals surface area contributed by atoms with Gasteiger partial charge in [0.2, 0.25) is 0 Å². The summed E-state index contributed by atoms with van der Waals surface area (Å²) in [7, 11) is 0. The van der Waals surface area contributed by atoms with Crippen LogP contribution in [0.5, 0.6) is 0 Å². The first-order valence-electron chi connectivity index (χ1n) is 26.2. The van der Waals surface area contributed by atoms with Gasteiger partial charge in [-0.25, -0.2) is 0 Å². The number of nitrogens with zero attached hydrogens (tertiary/aromatic N) is 3. The number of aryl methyl sites for hydroxylation is 2. The summed E-state index contributed by atoms with van der Waals surface area (Å²) in [6.45, 7) is 3.97. The van der Waals surface area contributed by atoms with Gasteiger partial charge in [-0.05, 0) is 127 Å². The third-order valence-corrected chi connectivity index (χ3v) is 13.8. The van der Waals surface area contributed by atoms with E-state index in [0.29, 0.717) is 22.7 Å². The summed E-state index contributed by atoms with van der Waals surface area (Å²) in [5.41, 5.74) is 9.90. The Kier molecular flexibility index (Phi) is 6.24. The fraction of sp³-hybridized carbons (Fsp3) is 0.0333. The number of rotatable bonds is 7. The lowest BCUT2D eigenvalue weighted by Crippen LogP contribution is -2.09. The molecule has 0 aliphatic heterocycles. The monoisotopic (exact) mass is 845 g/mol. The fourth-order valence-corrected chi connectivity index (χ4v) is 10.8. The molecule has 0 amide bonds. The van der Waals surface area contributed by atoms with E-state index in [0.717, 1.165) is 91.3 Å². The maximum absolute atomic E-state index is 9.11. The van der Waals surface area contributed by atoms with Crippen molar-refractivity contribution in [2.75, 3.05) is 9.80 Å². The number of thiophene rings is 1. The zero-order valence-electron chi connectivity index (χ0n) is 44.7. The summed E-state index contributed by atoms with van der Waals surface area (Å²) >= 11 is 1.66. The maximum Gasteiger partial charge on any atom is 0.0645 e.